The van der Waals surface area contributed by atoms with E-state index in [4.69, 9.17) is 11.6 Å². The van der Waals surface area contributed by atoms with E-state index in [9.17, 15) is 13.2 Å². The number of nitrogens with one attached hydrogen (secondary N) is 2. The van der Waals surface area contributed by atoms with Gasteiger partial charge in [-0.15, -0.1) is 0 Å². The van der Waals surface area contributed by atoms with E-state index in [0.29, 0.717) is 24.8 Å². The predicted molar refractivity (Wildman–Crippen MR) is 96.7 cm³/mol. The molecule has 0 amide bonds. The van der Waals surface area contributed by atoms with E-state index in [0.717, 1.165) is 37.7 Å². The first kappa shape index (κ1) is 19.1. The van der Waals surface area contributed by atoms with Crippen molar-refractivity contribution in [2.75, 3.05) is 31.1 Å². The number of alkyl halides is 3. The second kappa shape index (κ2) is 7.90. The topological polar surface area (TPSA) is 52.6 Å². The summed E-state index contributed by atoms with van der Waals surface area (Å²) in [5.41, 5.74) is -0.832. The Kier molecular flexibility index (Phi) is 5.79. The highest BCUT2D eigenvalue weighted by molar-refractivity contribution is 6.33. The zero-order valence-corrected chi connectivity index (χ0v) is 15.4. The number of hydrogen-bond acceptors (Lipinski definition) is 3. The maximum Gasteiger partial charge on any atom is 0.417 e. The Labute approximate surface area is 156 Å². The summed E-state index contributed by atoms with van der Waals surface area (Å²) in [6.07, 6.45) is -0.268. The first-order valence-corrected chi connectivity index (χ1v) is 9.27. The average molecular weight is 390 g/mol. The fourth-order valence-electron chi connectivity index (χ4n) is 2.92. The summed E-state index contributed by atoms with van der Waals surface area (Å²) < 4.78 is 38.2. The number of rotatable bonds is 5. The third-order valence-corrected chi connectivity index (χ3v) is 4.80. The van der Waals surface area contributed by atoms with Gasteiger partial charge in [0.1, 0.15) is 5.82 Å². The Morgan fingerprint density at radius 3 is 2.77 bits per heavy atom. The van der Waals surface area contributed by atoms with E-state index in [1.54, 1.807) is 0 Å². The Bertz CT molecular complexity index is 660. The maximum atomic E-state index is 12.7. The van der Waals surface area contributed by atoms with Gasteiger partial charge in [0.2, 0.25) is 0 Å². The van der Waals surface area contributed by atoms with Crippen LogP contribution in [0.15, 0.2) is 17.3 Å². The van der Waals surface area contributed by atoms with Gasteiger partial charge in [0.05, 0.1) is 10.6 Å². The number of guanidine groups is 1. The molecule has 1 saturated carbocycles. The standard InChI is InChI=1S/C17H23ClF3N5/c1-2-22-16(24-8-11-3-4-11)25-13-5-6-26(10-13)15-14(18)7-12(9-23-15)17(19,20)21/h7,9,11,13H,2-6,8,10H2,1H3,(H2,22,24,25). The molecule has 2 fully saturated rings. The van der Waals surface area contributed by atoms with Crippen molar-refractivity contribution >= 4 is 23.4 Å². The zero-order chi connectivity index (χ0) is 18.7. The lowest BCUT2D eigenvalue weighted by Gasteiger charge is -2.21. The molecule has 26 heavy (non-hydrogen) atoms. The van der Waals surface area contributed by atoms with Gasteiger partial charge in [-0.3, -0.25) is 4.99 Å². The fourth-order valence-corrected chi connectivity index (χ4v) is 3.21. The van der Waals surface area contributed by atoms with Crippen LogP contribution < -0.4 is 15.5 Å². The summed E-state index contributed by atoms with van der Waals surface area (Å²) in [7, 11) is 0. The van der Waals surface area contributed by atoms with Crippen molar-refractivity contribution in [3.05, 3.63) is 22.8 Å². The normalized spacial score (nSPS) is 21.2. The van der Waals surface area contributed by atoms with E-state index in [2.05, 4.69) is 20.6 Å². The van der Waals surface area contributed by atoms with Crippen LogP contribution in [0.2, 0.25) is 5.02 Å². The second-order valence-corrected chi connectivity index (χ2v) is 7.17. The quantitative estimate of drug-likeness (QED) is 0.599. The molecule has 1 aliphatic heterocycles. The lowest BCUT2D eigenvalue weighted by Crippen LogP contribution is -2.44. The Balaban J connectivity index is 1.61. The second-order valence-electron chi connectivity index (χ2n) is 6.77. The number of halogens is 4. The third-order valence-electron chi connectivity index (χ3n) is 4.53. The van der Waals surface area contributed by atoms with E-state index in [1.807, 2.05) is 11.8 Å². The van der Waals surface area contributed by atoms with Gasteiger partial charge in [0.15, 0.2) is 5.96 Å². The fraction of sp³-hybridized carbons (Fsp3) is 0.647. The minimum absolute atomic E-state index is 0.0229. The van der Waals surface area contributed by atoms with Crippen LogP contribution in [0.25, 0.3) is 0 Å². The summed E-state index contributed by atoms with van der Waals surface area (Å²) in [6, 6.07) is 1.08. The van der Waals surface area contributed by atoms with Gasteiger partial charge in [-0.1, -0.05) is 11.6 Å². The average Bonchev–Trinajstić information content (AvgIpc) is 3.30. The highest BCUT2D eigenvalue weighted by Crippen LogP contribution is 2.34. The SMILES string of the molecule is CCNC(=NCC1CC1)NC1CCN(c2ncc(C(F)(F)F)cc2Cl)C1. The molecule has 2 aliphatic rings. The smallest absolute Gasteiger partial charge is 0.357 e. The van der Waals surface area contributed by atoms with Gasteiger partial charge in [-0.2, -0.15) is 13.2 Å². The molecule has 1 aliphatic carbocycles. The summed E-state index contributed by atoms with van der Waals surface area (Å²) in [4.78, 5) is 10.5. The first-order chi connectivity index (χ1) is 12.4. The van der Waals surface area contributed by atoms with Crippen molar-refractivity contribution in [1.82, 2.24) is 15.6 Å². The third kappa shape index (κ3) is 4.93. The van der Waals surface area contributed by atoms with Crippen LogP contribution in [0.3, 0.4) is 0 Å². The van der Waals surface area contributed by atoms with Gasteiger partial charge in [0.25, 0.3) is 0 Å². The van der Waals surface area contributed by atoms with Crippen LogP contribution in [0.4, 0.5) is 19.0 Å². The van der Waals surface area contributed by atoms with Crippen molar-refractivity contribution in [3.63, 3.8) is 0 Å². The number of pyridine rings is 1. The largest absolute Gasteiger partial charge is 0.417 e. The van der Waals surface area contributed by atoms with Crippen LogP contribution >= 0.6 is 11.6 Å². The van der Waals surface area contributed by atoms with E-state index in [-0.39, 0.29) is 11.1 Å². The van der Waals surface area contributed by atoms with Crippen molar-refractivity contribution in [3.8, 4) is 0 Å². The molecule has 0 spiro atoms. The van der Waals surface area contributed by atoms with Gasteiger partial charge >= 0.3 is 6.18 Å². The molecule has 1 unspecified atom stereocenters. The number of nitrogens with zero attached hydrogens (tertiary/aromatic N) is 3. The molecule has 1 saturated heterocycles. The van der Waals surface area contributed by atoms with E-state index >= 15 is 0 Å². The van der Waals surface area contributed by atoms with Gasteiger partial charge in [0, 0.05) is 38.4 Å². The highest BCUT2D eigenvalue weighted by atomic mass is 35.5. The van der Waals surface area contributed by atoms with Crippen LogP contribution in [-0.4, -0.2) is 43.2 Å². The molecule has 2 N–H and O–H groups in total. The minimum atomic E-state index is -4.44. The molecular formula is C17H23ClF3N5. The molecule has 0 bridgehead atoms. The molecule has 1 atom stereocenters. The van der Waals surface area contributed by atoms with Gasteiger partial charge in [-0.25, -0.2) is 4.98 Å². The number of anilines is 1. The molecule has 9 heteroatoms. The molecule has 0 aromatic carbocycles. The maximum absolute atomic E-state index is 12.7. The lowest BCUT2D eigenvalue weighted by atomic mass is 10.2. The van der Waals surface area contributed by atoms with Crippen molar-refractivity contribution in [1.29, 1.82) is 0 Å². The number of aliphatic imine (C=N–C) groups is 1. The summed E-state index contributed by atoms with van der Waals surface area (Å²) in [6.45, 7) is 4.92. The molecule has 1 aromatic heterocycles. The molecular weight excluding hydrogens is 367 g/mol. The van der Waals surface area contributed by atoms with Crippen LogP contribution in [0, 0.1) is 5.92 Å². The first-order valence-electron chi connectivity index (χ1n) is 8.89. The highest BCUT2D eigenvalue weighted by Gasteiger charge is 2.33. The summed E-state index contributed by atoms with van der Waals surface area (Å²) in [5.74, 6) is 1.89. The molecule has 0 radical (unpaired) electrons. The van der Waals surface area contributed by atoms with Gasteiger partial charge in [-0.05, 0) is 38.2 Å². The van der Waals surface area contributed by atoms with Crippen LogP contribution in [-0.2, 0) is 6.18 Å². The lowest BCUT2D eigenvalue weighted by molar-refractivity contribution is -0.137. The Hall–Kier alpha value is -1.70. The van der Waals surface area contributed by atoms with Crippen LogP contribution in [0.5, 0.6) is 0 Å². The zero-order valence-electron chi connectivity index (χ0n) is 14.6. The van der Waals surface area contributed by atoms with Crippen molar-refractivity contribution in [2.45, 2.75) is 38.4 Å². The van der Waals surface area contributed by atoms with Crippen molar-refractivity contribution < 1.29 is 13.2 Å². The van der Waals surface area contributed by atoms with Gasteiger partial charge < -0.3 is 15.5 Å². The molecule has 5 nitrogen and oxygen atoms in total. The Morgan fingerprint density at radius 1 is 1.38 bits per heavy atom. The minimum Gasteiger partial charge on any atom is -0.357 e. The summed E-state index contributed by atoms with van der Waals surface area (Å²) in [5, 5.41) is 6.66. The van der Waals surface area contributed by atoms with E-state index < -0.39 is 11.7 Å². The molecule has 144 valence electrons. The molecule has 1 aromatic rings. The summed E-state index contributed by atoms with van der Waals surface area (Å²) >= 11 is 6.05. The van der Waals surface area contributed by atoms with Crippen molar-refractivity contribution in [2.24, 2.45) is 10.9 Å². The monoisotopic (exact) mass is 389 g/mol. The predicted octanol–water partition coefficient (Wildman–Crippen LogP) is 3.30. The molecule has 2 heterocycles. The molecule has 3 rings (SSSR count). The van der Waals surface area contributed by atoms with E-state index in [1.165, 1.54) is 12.8 Å². The Morgan fingerprint density at radius 2 is 2.15 bits per heavy atom. The number of aromatic nitrogens is 1. The van der Waals surface area contributed by atoms with Crippen LogP contribution in [0.1, 0.15) is 31.7 Å². The number of hydrogen-bond donors (Lipinski definition) is 2.